The second-order valence-electron chi connectivity index (χ2n) is 17.9. The molecule has 0 bridgehead atoms. The molecule has 3 fully saturated rings. The first kappa shape index (κ1) is 47.1. The molecule has 6 aromatic rings. The first-order valence-corrected chi connectivity index (χ1v) is 22.4. The van der Waals surface area contributed by atoms with Gasteiger partial charge in [-0.25, -0.2) is 64.2 Å². The van der Waals surface area contributed by atoms with E-state index in [1.807, 2.05) is 25.3 Å². The number of carbonyl (C=O) groups is 2. The van der Waals surface area contributed by atoms with E-state index in [2.05, 4.69) is 49.7 Å². The highest BCUT2D eigenvalue weighted by molar-refractivity contribution is 6.29. The Labute approximate surface area is 391 Å². The second kappa shape index (κ2) is 19.8. The zero-order valence-electron chi connectivity index (χ0n) is 38.9. The lowest BCUT2D eigenvalue weighted by molar-refractivity contribution is -0.0298. The number of carbonyl (C=O) groups excluding carboxylic acids is 2. The fourth-order valence-corrected chi connectivity index (χ4v) is 7.39. The number of amides is 2. The van der Waals surface area contributed by atoms with Crippen molar-refractivity contribution in [1.29, 1.82) is 0 Å². The number of morpholine rings is 2. The molecule has 2 amide bonds. The minimum Gasteiger partial charge on any atom is -0.443 e. The Hall–Kier alpha value is -6.43. The maximum atomic E-state index is 12.4. The lowest BCUT2D eigenvalue weighted by atomic mass is 10.2. The zero-order valence-corrected chi connectivity index (χ0v) is 39.6. The number of hydrogen-bond donors (Lipinski definition) is 1. The number of nitrogens with zero attached hydrogens (tertiary/aromatic N) is 15. The molecule has 9 rings (SSSR count). The Morgan fingerprint density at radius 1 is 0.687 bits per heavy atom. The van der Waals surface area contributed by atoms with Crippen LogP contribution in [-0.4, -0.2) is 156 Å². The molecule has 3 saturated heterocycles. The monoisotopic (exact) mass is 942 g/mol. The molecule has 1 N–H and O–H groups in total. The van der Waals surface area contributed by atoms with E-state index < -0.39 is 23.4 Å². The molecular weight excluding hydrogens is 888 g/mol. The Balaban J connectivity index is 0.000000184. The third-order valence-corrected chi connectivity index (χ3v) is 10.7. The molecule has 0 saturated carbocycles. The summed E-state index contributed by atoms with van der Waals surface area (Å²) in [5.41, 5.74) is 2.54. The van der Waals surface area contributed by atoms with E-state index in [1.165, 1.54) is 9.80 Å². The zero-order chi connectivity index (χ0) is 47.5. The Bertz CT molecular complexity index is 2670. The van der Waals surface area contributed by atoms with Crippen molar-refractivity contribution in [3.63, 3.8) is 0 Å². The Kier molecular flexibility index (Phi) is 13.9. The average Bonchev–Trinajstić information content (AvgIpc) is 3.93. The van der Waals surface area contributed by atoms with Crippen LogP contribution in [0.5, 0.6) is 0 Å². The van der Waals surface area contributed by atoms with E-state index in [-0.39, 0.29) is 23.4 Å². The highest BCUT2D eigenvalue weighted by Crippen LogP contribution is 2.32. The largest absolute Gasteiger partial charge is 0.443 e. The number of fused-ring (bicyclic) bond motifs is 2. The maximum Gasteiger partial charge on any atom is 0.416 e. The van der Waals surface area contributed by atoms with Gasteiger partial charge in [-0.05, 0) is 72.4 Å². The van der Waals surface area contributed by atoms with Gasteiger partial charge in [0.05, 0.1) is 43.9 Å². The van der Waals surface area contributed by atoms with Crippen molar-refractivity contribution < 1.29 is 33.3 Å². The highest BCUT2D eigenvalue weighted by Gasteiger charge is 2.28. The van der Waals surface area contributed by atoms with Gasteiger partial charge in [-0.1, -0.05) is 0 Å². The first-order chi connectivity index (χ1) is 32.0. The summed E-state index contributed by atoms with van der Waals surface area (Å²) in [7, 11) is 3.12. The smallest absolute Gasteiger partial charge is 0.416 e. The third-order valence-electron chi connectivity index (χ3n) is 10.5. The molecule has 356 valence electrons. The van der Waals surface area contributed by atoms with Gasteiger partial charge in [0.2, 0.25) is 17.2 Å². The minimum atomic E-state index is -0.616. The lowest BCUT2D eigenvalue weighted by Crippen LogP contribution is -2.37. The van der Waals surface area contributed by atoms with Gasteiger partial charge < -0.3 is 38.5 Å². The highest BCUT2D eigenvalue weighted by atomic mass is 35.5. The predicted octanol–water partition coefficient (Wildman–Crippen LogP) is 5.86. The summed E-state index contributed by atoms with van der Waals surface area (Å²) in [6.45, 7) is 16.8. The van der Waals surface area contributed by atoms with Crippen LogP contribution in [0.15, 0.2) is 31.1 Å². The molecule has 1 atom stereocenters. The summed E-state index contributed by atoms with van der Waals surface area (Å²) in [4.78, 5) is 79.6. The van der Waals surface area contributed by atoms with Crippen molar-refractivity contribution in [2.75, 3.05) is 92.9 Å². The van der Waals surface area contributed by atoms with Gasteiger partial charge >= 0.3 is 12.2 Å². The molecule has 3 aliphatic heterocycles. The molecular formula is C43H55ClN16O7. The van der Waals surface area contributed by atoms with E-state index in [0.29, 0.717) is 98.0 Å². The van der Waals surface area contributed by atoms with Gasteiger partial charge in [-0.2, -0.15) is 4.98 Å². The number of anilines is 4. The average molecular weight is 943 g/mol. The van der Waals surface area contributed by atoms with Crippen LogP contribution in [0.4, 0.5) is 33.1 Å². The van der Waals surface area contributed by atoms with Crippen LogP contribution in [0.2, 0.25) is 5.28 Å². The number of nitrogens with one attached hydrogen (secondary N) is 1. The third kappa shape index (κ3) is 11.2. The van der Waals surface area contributed by atoms with E-state index in [1.54, 1.807) is 66.0 Å². The van der Waals surface area contributed by atoms with Gasteiger partial charge in [-0.3, -0.25) is 4.57 Å². The quantitative estimate of drug-likeness (QED) is 0.184. The molecule has 24 heteroatoms. The van der Waals surface area contributed by atoms with E-state index in [9.17, 15) is 9.59 Å². The summed E-state index contributed by atoms with van der Waals surface area (Å²) in [5, 5.41) is 0.238. The van der Waals surface area contributed by atoms with Crippen LogP contribution in [0.1, 0.15) is 67.0 Å². The molecule has 0 aromatic carbocycles. The number of imidazole rings is 2. The normalized spacial score (nSPS) is 16.9. The van der Waals surface area contributed by atoms with Crippen LogP contribution in [0.3, 0.4) is 0 Å². The lowest BCUT2D eigenvalue weighted by Gasteiger charge is -2.28. The SMILES string of the molecule is CN(C(=O)OC(C)(C)C)c1ncc(-c2nc(N3CCOCC3)c3[nH]c(Cl)nc3n2)cn1.CN(C(=O)OC(C)(C)C)c1ncc(-c2nc(N3CCOCC3)c3ncn(C4CCCCO4)c3n2)cn1. The van der Waals surface area contributed by atoms with Crippen LogP contribution in [0, 0.1) is 0 Å². The number of aromatic amines is 1. The number of rotatable bonds is 7. The molecule has 3 aliphatic rings. The molecule has 9 heterocycles. The number of halogens is 1. The van der Waals surface area contributed by atoms with Crippen molar-refractivity contribution in [1.82, 2.24) is 59.4 Å². The summed E-state index contributed by atoms with van der Waals surface area (Å²) >= 11 is 6.07. The Morgan fingerprint density at radius 3 is 1.70 bits per heavy atom. The summed E-state index contributed by atoms with van der Waals surface area (Å²) in [6, 6.07) is 0. The van der Waals surface area contributed by atoms with Crippen molar-refractivity contribution in [3.05, 3.63) is 36.4 Å². The van der Waals surface area contributed by atoms with Crippen LogP contribution < -0.4 is 19.6 Å². The topological polar surface area (TPSA) is 243 Å². The Morgan fingerprint density at radius 2 is 1.19 bits per heavy atom. The number of H-pyrrole nitrogens is 1. The van der Waals surface area contributed by atoms with Crippen molar-refractivity contribution in [3.8, 4) is 22.8 Å². The van der Waals surface area contributed by atoms with Gasteiger partial charge in [0.1, 0.15) is 22.9 Å². The van der Waals surface area contributed by atoms with Crippen molar-refractivity contribution >= 4 is 69.6 Å². The van der Waals surface area contributed by atoms with Crippen LogP contribution in [-0.2, 0) is 23.7 Å². The molecule has 23 nitrogen and oxygen atoms in total. The van der Waals surface area contributed by atoms with E-state index >= 15 is 0 Å². The number of aromatic nitrogens is 12. The molecule has 67 heavy (non-hydrogen) atoms. The number of hydrogen-bond acceptors (Lipinski definition) is 19. The summed E-state index contributed by atoms with van der Waals surface area (Å²) in [5.74, 6) is 2.76. The number of ether oxygens (including phenoxy) is 5. The molecule has 0 aliphatic carbocycles. The van der Waals surface area contributed by atoms with E-state index in [0.717, 1.165) is 37.2 Å². The standard InChI is InChI=1S/C24H32N8O4.C19H23ClN8O3/c1-24(2,3)36-23(33)30(4)22-25-13-16(14-26-22)19-28-20(31-8-11-34-12-9-31)18-21(29-19)32(15-27-18)17-7-5-6-10-35-17;1-19(2,3)31-18(29)27(4)17-21-9-11(10-22-17)13-24-14-12(23-16(20)26-14)15(25-13)28-5-7-30-8-6-28/h13-15,17H,5-12H2,1-4H3;9-10H,5-8H2,1-4H3,(H,23,24,25,26). The minimum absolute atomic E-state index is 0.106. The predicted molar refractivity (Wildman–Crippen MR) is 248 cm³/mol. The molecule has 0 spiro atoms. The van der Waals surface area contributed by atoms with Gasteiger partial charge in [0, 0.05) is 71.7 Å². The van der Waals surface area contributed by atoms with Gasteiger partial charge in [0.25, 0.3) is 0 Å². The van der Waals surface area contributed by atoms with Crippen LogP contribution >= 0.6 is 11.6 Å². The fourth-order valence-electron chi connectivity index (χ4n) is 7.21. The first-order valence-electron chi connectivity index (χ1n) is 22.0. The van der Waals surface area contributed by atoms with E-state index in [4.69, 9.17) is 50.2 Å². The van der Waals surface area contributed by atoms with Gasteiger partial charge in [0.15, 0.2) is 40.1 Å². The second-order valence-corrected chi connectivity index (χ2v) is 18.3. The summed E-state index contributed by atoms with van der Waals surface area (Å²) < 4.78 is 29.7. The fraction of sp³-hybridized carbons (Fsp3) is 0.535. The molecule has 1 unspecified atom stereocenters. The van der Waals surface area contributed by atoms with Crippen molar-refractivity contribution in [2.24, 2.45) is 0 Å². The molecule has 6 aromatic heterocycles. The van der Waals surface area contributed by atoms with Crippen molar-refractivity contribution in [2.45, 2.75) is 78.2 Å². The maximum absolute atomic E-state index is 12.4. The van der Waals surface area contributed by atoms with Crippen LogP contribution in [0.25, 0.3) is 45.1 Å². The summed E-state index contributed by atoms with van der Waals surface area (Å²) in [6.07, 6.45) is 10.0. The molecule has 0 radical (unpaired) electrons. The van der Waals surface area contributed by atoms with Gasteiger partial charge in [-0.15, -0.1) is 0 Å².